The molecule has 9 heteroatoms. The van der Waals surface area contributed by atoms with Crippen LogP contribution in [-0.4, -0.2) is 17.1 Å². The van der Waals surface area contributed by atoms with Gasteiger partial charge in [-0.15, -0.1) is 0 Å². The van der Waals surface area contributed by atoms with Crippen LogP contribution in [0.5, 0.6) is 5.75 Å². The van der Waals surface area contributed by atoms with Crippen LogP contribution in [0, 0.1) is 10.1 Å². The van der Waals surface area contributed by atoms with Crippen LogP contribution < -0.4 is 15.8 Å². The predicted molar refractivity (Wildman–Crippen MR) is 83.6 cm³/mol. The number of nitro groups is 1. The summed E-state index contributed by atoms with van der Waals surface area (Å²) in [6.45, 7) is 0.0306. The number of primary amides is 1. The third-order valence-electron chi connectivity index (χ3n) is 2.84. The summed E-state index contributed by atoms with van der Waals surface area (Å²) in [6, 6.07) is 11.6. The van der Waals surface area contributed by atoms with Crippen LogP contribution in [0.2, 0.25) is 0 Å². The second-order valence-corrected chi connectivity index (χ2v) is 4.57. The first kappa shape index (κ1) is 16.7. The fourth-order valence-electron chi connectivity index (χ4n) is 1.73. The van der Waals surface area contributed by atoms with E-state index in [1.54, 1.807) is 24.3 Å². The molecule has 0 heterocycles. The van der Waals surface area contributed by atoms with E-state index >= 15 is 0 Å². The van der Waals surface area contributed by atoms with E-state index in [9.17, 15) is 19.7 Å². The molecule has 2 amide bonds. The van der Waals surface area contributed by atoms with Gasteiger partial charge in [0.25, 0.3) is 5.69 Å². The summed E-state index contributed by atoms with van der Waals surface area (Å²) >= 11 is 0. The molecule has 0 aromatic heterocycles. The third-order valence-corrected chi connectivity index (χ3v) is 2.84. The molecule has 0 aliphatic heterocycles. The number of anilines is 1. The summed E-state index contributed by atoms with van der Waals surface area (Å²) in [6.07, 6.45) is -1.62. The number of carbonyl (C=O) groups is 2. The van der Waals surface area contributed by atoms with Gasteiger partial charge < -0.3 is 15.2 Å². The van der Waals surface area contributed by atoms with Gasteiger partial charge in [-0.2, -0.15) is 0 Å². The number of hydrogen-bond acceptors (Lipinski definition) is 6. The van der Waals surface area contributed by atoms with Crippen molar-refractivity contribution < 1.29 is 24.0 Å². The number of hydrogen-bond donors (Lipinski definition) is 2. The fourth-order valence-corrected chi connectivity index (χ4v) is 1.73. The zero-order valence-corrected chi connectivity index (χ0v) is 12.3. The number of rotatable bonds is 5. The molecular formula is C15H13N3O6. The van der Waals surface area contributed by atoms with E-state index in [0.29, 0.717) is 11.3 Å². The molecular weight excluding hydrogens is 318 g/mol. The summed E-state index contributed by atoms with van der Waals surface area (Å²) in [4.78, 5) is 32.2. The Morgan fingerprint density at radius 2 is 1.71 bits per heavy atom. The topological polar surface area (TPSA) is 134 Å². The van der Waals surface area contributed by atoms with Crippen LogP contribution in [0.1, 0.15) is 5.56 Å². The first-order valence-electron chi connectivity index (χ1n) is 6.68. The van der Waals surface area contributed by atoms with Crippen molar-refractivity contribution in [2.45, 2.75) is 6.61 Å². The maximum atomic E-state index is 11.7. The minimum Gasteiger partial charge on any atom is -0.445 e. The van der Waals surface area contributed by atoms with Crippen molar-refractivity contribution in [3.8, 4) is 5.75 Å². The summed E-state index contributed by atoms with van der Waals surface area (Å²) in [5.74, 6) is 0.171. The van der Waals surface area contributed by atoms with Gasteiger partial charge in [0, 0.05) is 17.8 Å². The van der Waals surface area contributed by atoms with Crippen molar-refractivity contribution in [1.29, 1.82) is 0 Å². The minimum atomic E-state index is -0.871. The van der Waals surface area contributed by atoms with Crippen molar-refractivity contribution in [2.24, 2.45) is 5.73 Å². The van der Waals surface area contributed by atoms with E-state index in [0.717, 1.165) is 0 Å². The third kappa shape index (κ3) is 4.98. The van der Waals surface area contributed by atoms with Gasteiger partial charge in [-0.3, -0.25) is 15.4 Å². The predicted octanol–water partition coefficient (Wildman–Crippen LogP) is 2.80. The lowest BCUT2D eigenvalue weighted by Crippen LogP contribution is -2.16. The molecule has 2 aromatic carbocycles. The van der Waals surface area contributed by atoms with Crippen molar-refractivity contribution >= 4 is 23.6 Å². The molecule has 3 N–H and O–H groups in total. The van der Waals surface area contributed by atoms with Crippen LogP contribution in [0.25, 0.3) is 0 Å². The molecule has 0 spiro atoms. The van der Waals surface area contributed by atoms with Gasteiger partial charge in [0.05, 0.1) is 4.92 Å². The highest BCUT2D eigenvalue weighted by Gasteiger charge is 2.08. The highest BCUT2D eigenvalue weighted by Crippen LogP contribution is 2.18. The van der Waals surface area contributed by atoms with Crippen LogP contribution >= 0.6 is 0 Å². The van der Waals surface area contributed by atoms with Gasteiger partial charge in [0.15, 0.2) is 0 Å². The Morgan fingerprint density at radius 3 is 2.25 bits per heavy atom. The SMILES string of the molecule is NC(=O)OCc1ccc(NC(=O)Oc2ccc([N+](=O)[O-])cc2)cc1. The Labute approximate surface area is 136 Å². The average molecular weight is 331 g/mol. The molecule has 124 valence electrons. The van der Waals surface area contributed by atoms with E-state index in [4.69, 9.17) is 10.5 Å². The summed E-state index contributed by atoms with van der Waals surface area (Å²) < 4.78 is 9.64. The van der Waals surface area contributed by atoms with Crippen LogP contribution in [0.4, 0.5) is 21.0 Å². The largest absolute Gasteiger partial charge is 0.445 e. The number of nitro benzene ring substituents is 1. The van der Waals surface area contributed by atoms with Crippen molar-refractivity contribution in [2.75, 3.05) is 5.32 Å². The van der Waals surface area contributed by atoms with Gasteiger partial charge in [0.1, 0.15) is 12.4 Å². The monoisotopic (exact) mass is 331 g/mol. The normalized spacial score (nSPS) is 9.83. The van der Waals surface area contributed by atoms with E-state index in [1.807, 2.05) is 0 Å². The van der Waals surface area contributed by atoms with E-state index < -0.39 is 17.1 Å². The van der Waals surface area contributed by atoms with Crippen LogP contribution in [-0.2, 0) is 11.3 Å². The molecule has 0 saturated carbocycles. The molecule has 0 fully saturated rings. The van der Waals surface area contributed by atoms with Crippen molar-refractivity contribution in [3.63, 3.8) is 0 Å². The summed E-state index contributed by atoms with van der Waals surface area (Å²) in [7, 11) is 0. The Balaban J connectivity index is 1.89. The lowest BCUT2D eigenvalue weighted by atomic mass is 10.2. The van der Waals surface area contributed by atoms with Gasteiger partial charge in [-0.05, 0) is 29.8 Å². The quantitative estimate of drug-likeness (QED) is 0.639. The number of non-ortho nitro benzene ring substituents is 1. The Kier molecular flexibility index (Phi) is 5.29. The number of benzene rings is 2. The maximum Gasteiger partial charge on any atom is 0.417 e. The van der Waals surface area contributed by atoms with Crippen molar-refractivity contribution in [1.82, 2.24) is 0 Å². The molecule has 2 rings (SSSR count). The number of carbonyl (C=O) groups excluding carboxylic acids is 2. The highest BCUT2D eigenvalue weighted by atomic mass is 16.6. The van der Waals surface area contributed by atoms with Gasteiger partial charge >= 0.3 is 12.2 Å². The molecule has 2 aromatic rings. The van der Waals surface area contributed by atoms with E-state index in [2.05, 4.69) is 10.1 Å². The standard InChI is InChI=1S/C15H13N3O6/c16-14(19)23-9-10-1-3-11(4-2-10)17-15(20)24-13-7-5-12(6-8-13)18(21)22/h1-8H,9H2,(H2,16,19)(H,17,20). The smallest absolute Gasteiger partial charge is 0.417 e. The molecule has 0 saturated heterocycles. The van der Waals surface area contributed by atoms with E-state index in [-0.39, 0.29) is 18.0 Å². The molecule has 0 aliphatic carbocycles. The second kappa shape index (κ2) is 7.58. The Morgan fingerprint density at radius 1 is 1.08 bits per heavy atom. The van der Waals surface area contributed by atoms with Crippen LogP contribution in [0.15, 0.2) is 48.5 Å². The van der Waals surface area contributed by atoms with Crippen LogP contribution in [0.3, 0.4) is 0 Å². The molecule has 9 nitrogen and oxygen atoms in total. The summed E-state index contributed by atoms with van der Waals surface area (Å²) in [5, 5.41) is 13.0. The number of ether oxygens (including phenoxy) is 2. The lowest BCUT2D eigenvalue weighted by Gasteiger charge is -2.07. The Bertz CT molecular complexity index is 743. The maximum absolute atomic E-state index is 11.7. The zero-order valence-electron chi connectivity index (χ0n) is 12.3. The number of amides is 2. The average Bonchev–Trinajstić information content (AvgIpc) is 2.54. The number of nitrogens with one attached hydrogen (secondary N) is 1. The molecule has 0 unspecified atom stereocenters. The first-order valence-corrected chi connectivity index (χ1v) is 6.68. The van der Waals surface area contributed by atoms with Gasteiger partial charge in [-0.1, -0.05) is 12.1 Å². The highest BCUT2D eigenvalue weighted by molar-refractivity contribution is 5.86. The number of nitrogens with zero attached hydrogens (tertiary/aromatic N) is 1. The minimum absolute atomic E-state index is 0.0306. The molecule has 0 atom stereocenters. The van der Waals surface area contributed by atoms with Gasteiger partial charge in [0.2, 0.25) is 0 Å². The zero-order chi connectivity index (χ0) is 17.5. The van der Waals surface area contributed by atoms with E-state index in [1.165, 1.54) is 24.3 Å². The van der Waals surface area contributed by atoms with Crippen molar-refractivity contribution in [3.05, 3.63) is 64.2 Å². The molecule has 0 bridgehead atoms. The first-order chi connectivity index (χ1) is 11.4. The molecule has 24 heavy (non-hydrogen) atoms. The number of nitrogens with two attached hydrogens (primary N) is 1. The second-order valence-electron chi connectivity index (χ2n) is 4.57. The Hall–Kier alpha value is -3.62. The molecule has 0 radical (unpaired) electrons. The molecule has 0 aliphatic rings. The van der Waals surface area contributed by atoms with Gasteiger partial charge in [-0.25, -0.2) is 9.59 Å². The summed E-state index contributed by atoms with van der Waals surface area (Å²) in [5.41, 5.74) is 5.92. The lowest BCUT2D eigenvalue weighted by molar-refractivity contribution is -0.384. The fraction of sp³-hybridized carbons (Fsp3) is 0.0667.